The Morgan fingerprint density at radius 2 is 1.80 bits per heavy atom. The van der Waals surface area contributed by atoms with E-state index in [9.17, 15) is 0 Å². The van der Waals surface area contributed by atoms with Crippen molar-refractivity contribution in [3.63, 3.8) is 0 Å². The summed E-state index contributed by atoms with van der Waals surface area (Å²) in [5.74, 6) is 2.30. The molecule has 0 aliphatic heterocycles. The third kappa shape index (κ3) is 3.04. The molecule has 106 valence electrons. The number of aryl methyl sites for hydroxylation is 2. The maximum Gasteiger partial charge on any atom is 0.146 e. The van der Waals surface area contributed by atoms with Gasteiger partial charge in [0.15, 0.2) is 0 Å². The molecule has 0 saturated carbocycles. The van der Waals surface area contributed by atoms with E-state index in [4.69, 9.17) is 9.47 Å². The van der Waals surface area contributed by atoms with Crippen molar-refractivity contribution < 1.29 is 9.47 Å². The molecule has 0 aliphatic carbocycles. The van der Waals surface area contributed by atoms with Gasteiger partial charge in [-0.15, -0.1) is 0 Å². The van der Waals surface area contributed by atoms with Crippen molar-refractivity contribution in [3.05, 3.63) is 40.0 Å². The second-order valence-electron chi connectivity index (χ2n) is 4.47. The van der Waals surface area contributed by atoms with E-state index in [1.54, 1.807) is 20.4 Å². The summed E-state index contributed by atoms with van der Waals surface area (Å²) in [5.41, 5.74) is 2.98. The van der Waals surface area contributed by atoms with Gasteiger partial charge in [-0.25, -0.2) is 4.98 Å². The van der Waals surface area contributed by atoms with Crippen molar-refractivity contribution in [2.24, 2.45) is 0 Å². The summed E-state index contributed by atoms with van der Waals surface area (Å²) in [6, 6.07) is 5.82. The lowest BCUT2D eigenvalue weighted by molar-refractivity contribution is 0.395. The molecule has 0 aliphatic rings. The average molecular weight is 337 g/mol. The number of rotatable bonds is 4. The molecule has 1 heterocycles. The zero-order valence-electron chi connectivity index (χ0n) is 12.0. The summed E-state index contributed by atoms with van der Waals surface area (Å²) in [6.07, 6.45) is 1.76. The third-order valence-corrected chi connectivity index (χ3v) is 3.45. The maximum absolute atomic E-state index is 5.42. The highest BCUT2D eigenvalue weighted by atomic mass is 79.9. The van der Waals surface area contributed by atoms with Crippen LogP contribution >= 0.6 is 15.9 Å². The molecular formula is C15H17BrN2O2. The van der Waals surface area contributed by atoms with Crippen molar-refractivity contribution in [2.45, 2.75) is 13.8 Å². The summed E-state index contributed by atoms with van der Waals surface area (Å²) in [6.45, 7) is 4.01. The molecule has 0 spiro atoms. The van der Waals surface area contributed by atoms with E-state index in [0.29, 0.717) is 0 Å². The number of hydrogen-bond acceptors (Lipinski definition) is 4. The van der Waals surface area contributed by atoms with Gasteiger partial charge < -0.3 is 14.8 Å². The van der Waals surface area contributed by atoms with Gasteiger partial charge in [-0.3, -0.25) is 0 Å². The zero-order valence-corrected chi connectivity index (χ0v) is 13.5. The summed E-state index contributed by atoms with van der Waals surface area (Å²) in [7, 11) is 3.28. The minimum absolute atomic E-state index is 0.728. The van der Waals surface area contributed by atoms with E-state index in [-0.39, 0.29) is 0 Å². The molecule has 0 fully saturated rings. The number of aromatic nitrogens is 1. The Morgan fingerprint density at radius 3 is 2.40 bits per heavy atom. The van der Waals surface area contributed by atoms with Crippen molar-refractivity contribution in [3.8, 4) is 11.5 Å². The van der Waals surface area contributed by atoms with E-state index in [1.165, 1.54) is 0 Å². The molecule has 0 saturated heterocycles. The van der Waals surface area contributed by atoms with Crippen LogP contribution in [0.2, 0.25) is 0 Å². The van der Waals surface area contributed by atoms with Crippen LogP contribution in [0.1, 0.15) is 11.1 Å². The van der Waals surface area contributed by atoms with Crippen LogP contribution in [-0.2, 0) is 0 Å². The molecule has 0 atom stereocenters. The SMILES string of the molecule is COc1cc(C)c(Nc2ncc(Br)cc2C)c(OC)c1. The number of nitrogens with zero attached hydrogens (tertiary/aromatic N) is 1. The van der Waals surface area contributed by atoms with Gasteiger partial charge in [0.05, 0.1) is 19.9 Å². The van der Waals surface area contributed by atoms with E-state index < -0.39 is 0 Å². The highest BCUT2D eigenvalue weighted by Gasteiger charge is 2.11. The number of anilines is 2. The minimum atomic E-state index is 0.728. The quantitative estimate of drug-likeness (QED) is 0.907. The Kier molecular flexibility index (Phi) is 4.49. The van der Waals surface area contributed by atoms with Gasteiger partial charge in [-0.1, -0.05) is 0 Å². The average Bonchev–Trinajstić information content (AvgIpc) is 2.43. The molecular weight excluding hydrogens is 320 g/mol. The Labute approximate surface area is 127 Å². The topological polar surface area (TPSA) is 43.4 Å². The maximum atomic E-state index is 5.42. The van der Waals surface area contributed by atoms with Crippen LogP contribution in [0, 0.1) is 13.8 Å². The molecule has 1 aromatic heterocycles. The first kappa shape index (κ1) is 14.7. The number of nitrogens with one attached hydrogen (secondary N) is 1. The van der Waals surface area contributed by atoms with E-state index >= 15 is 0 Å². The van der Waals surface area contributed by atoms with Gasteiger partial charge in [0.1, 0.15) is 17.3 Å². The van der Waals surface area contributed by atoms with Crippen molar-refractivity contribution >= 4 is 27.4 Å². The molecule has 1 N–H and O–H groups in total. The predicted molar refractivity (Wildman–Crippen MR) is 84.2 cm³/mol. The number of halogens is 1. The van der Waals surface area contributed by atoms with Crippen LogP contribution in [0.5, 0.6) is 11.5 Å². The van der Waals surface area contributed by atoms with Gasteiger partial charge in [0.25, 0.3) is 0 Å². The molecule has 20 heavy (non-hydrogen) atoms. The number of benzene rings is 1. The highest BCUT2D eigenvalue weighted by Crippen LogP contribution is 2.35. The monoisotopic (exact) mass is 336 g/mol. The first-order valence-corrected chi connectivity index (χ1v) is 6.96. The van der Waals surface area contributed by atoms with Crippen LogP contribution in [-0.4, -0.2) is 19.2 Å². The largest absolute Gasteiger partial charge is 0.497 e. The van der Waals surface area contributed by atoms with Crippen LogP contribution in [0.3, 0.4) is 0 Å². The van der Waals surface area contributed by atoms with Crippen molar-refractivity contribution in [1.29, 1.82) is 0 Å². The third-order valence-electron chi connectivity index (χ3n) is 3.02. The zero-order chi connectivity index (χ0) is 14.7. The van der Waals surface area contributed by atoms with Crippen LogP contribution in [0.15, 0.2) is 28.9 Å². The molecule has 5 heteroatoms. The minimum Gasteiger partial charge on any atom is -0.497 e. The summed E-state index contributed by atoms with van der Waals surface area (Å²) in [4.78, 5) is 4.39. The lowest BCUT2D eigenvalue weighted by Crippen LogP contribution is -2.01. The van der Waals surface area contributed by atoms with Gasteiger partial charge in [0.2, 0.25) is 0 Å². The first-order chi connectivity index (χ1) is 9.55. The van der Waals surface area contributed by atoms with Gasteiger partial charge in [-0.05, 0) is 53.0 Å². The fraction of sp³-hybridized carbons (Fsp3) is 0.267. The highest BCUT2D eigenvalue weighted by molar-refractivity contribution is 9.10. The van der Waals surface area contributed by atoms with Crippen molar-refractivity contribution in [2.75, 3.05) is 19.5 Å². The second-order valence-corrected chi connectivity index (χ2v) is 5.38. The Bertz CT molecular complexity index is 630. The normalized spacial score (nSPS) is 10.2. The number of pyridine rings is 1. The molecule has 0 unspecified atom stereocenters. The van der Waals surface area contributed by atoms with Gasteiger partial charge in [-0.2, -0.15) is 0 Å². The van der Waals surface area contributed by atoms with Crippen LogP contribution < -0.4 is 14.8 Å². The molecule has 2 rings (SSSR count). The second kappa shape index (κ2) is 6.13. The number of ether oxygens (including phenoxy) is 2. The standard InChI is InChI=1S/C15H17BrN2O2/c1-9-6-12(19-3)7-13(20-4)14(9)18-15-10(2)5-11(16)8-17-15/h5-8H,1-4H3,(H,17,18). The molecule has 2 aromatic rings. The smallest absolute Gasteiger partial charge is 0.146 e. The summed E-state index contributed by atoms with van der Waals surface area (Å²) in [5, 5.41) is 3.33. The van der Waals surface area contributed by atoms with Gasteiger partial charge >= 0.3 is 0 Å². The lowest BCUT2D eigenvalue weighted by Gasteiger charge is -2.16. The van der Waals surface area contributed by atoms with E-state index in [0.717, 1.165) is 38.6 Å². The molecule has 1 aromatic carbocycles. The van der Waals surface area contributed by atoms with Crippen LogP contribution in [0.25, 0.3) is 0 Å². The van der Waals surface area contributed by atoms with E-state index in [1.807, 2.05) is 32.0 Å². The molecule has 0 amide bonds. The Hall–Kier alpha value is -1.75. The predicted octanol–water partition coefficient (Wildman–Crippen LogP) is 4.22. The Morgan fingerprint density at radius 1 is 1.05 bits per heavy atom. The fourth-order valence-electron chi connectivity index (χ4n) is 1.95. The molecule has 4 nitrogen and oxygen atoms in total. The number of methoxy groups -OCH3 is 2. The number of hydrogen-bond donors (Lipinski definition) is 1. The first-order valence-electron chi connectivity index (χ1n) is 6.17. The summed E-state index contributed by atoms with van der Waals surface area (Å²) < 4.78 is 11.6. The fourth-order valence-corrected chi connectivity index (χ4v) is 2.40. The van der Waals surface area contributed by atoms with Crippen LogP contribution in [0.4, 0.5) is 11.5 Å². The molecule has 0 radical (unpaired) electrons. The lowest BCUT2D eigenvalue weighted by atomic mass is 10.1. The van der Waals surface area contributed by atoms with E-state index in [2.05, 4.69) is 26.2 Å². The summed E-state index contributed by atoms with van der Waals surface area (Å²) >= 11 is 3.41. The van der Waals surface area contributed by atoms with Crippen molar-refractivity contribution in [1.82, 2.24) is 4.98 Å². The van der Waals surface area contributed by atoms with Gasteiger partial charge in [0, 0.05) is 16.7 Å². The Balaban J connectivity index is 2.42. The molecule has 0 bridgehead atoms.